The highest BCUT2D eigenvalue weighted by molar-refractivity contribution is 5.89. The van der Waals surface area contributed by atoms with E-state index >= 15 is 0 Å². The number of aliphatic imine (C=N–C) groups is 1. The molecule has 0 saturated carbocycles. The number of nitrogens with two attached hydrogens (primary N) is 2. The third-order valence-corrected chi connectivity index (χ3v) is 3.81. The summed E-state index contributed by atoms with van der Waals surface area (Å²) in [4.78, 5) is 15.0. The van der Waals surface area contributed by atoms with Crippen molar-refractivity contribution in [3.63, 3.8) is 0 Å². The van der Waals surface area contributed by atoms with Crippen molar-refractivity contribution in [3.8, 4) is 0 Å². The van der Waals surface area contributed by atoms with Gasteiger partial charge in [-0.25, -0.2) is 13.5 Å². The van der Waals surface area contributed by atoms with E-state index in [9.17, 15) is 13.6 Å². The van der Waals surface area contributed by atoms with Gasteiger partial charge in [0.2, 0.25) is 0 Å². The van der Waals surface area contributed by atoms with Gasteiger partial charge < -0.3 is 16.6 Å². The number of alkyl halides is 2. The minimum atomic E-state index is -2.72. The SMILES string of the molecule is Cc1cc(C(F)F)n(C(N)C(CN)C2=CN=CC(C(=O)O)C2)n1. The van der Waals surface area contributed by atoms with Gasteiger partial charge in [-0.1, -0.05) is 0 Å². The van der Waals surface area contributed by atoms with Gasteiger partial charge >= 0.3 is 5.97 Å². The van der Waals surface area contributed by atoms with Gasteiger partial charge in [-0.2, -0.15) is 5.10 Å². The van der Waals surface area contributed by atoms with Crippen LogP contribution >= 0.6 is 0 Å². The number of hydrogen-bond acceptors (Lipinski definition) is 5. The van der Waals surface area contributed by atoms with Crippen LogP contribution in [0.3, 0.4) is 0 Å². The number of aryl methyl sites for hydroxylation is 1. The average Bonchev–Trinajstić information content (AvgIpc) is 2.90. The minimum absolute atomic E-state index is 0.0659. The van der Waals surface area contributed by atoms with E-state index in [2.05, 4.69) is 10.1 Å². The zero-order chi connectivity index (χ0) is 17.1. The number of carboxylic acid groups (broad SMARTS) is 1. The van der Waals surface area contributed by atoms with Crippen LogP contribution in [0.25, 0.3) is 0 Å². The zero-order valence-corrected chi connectivity index (χ0v) is 12.6. The maximum atomic E-state index is 13.1. The lowest BCUT2D eigenvalue weighted by Crippen LogP contribution is -2.36. The maximum Gasteiger partial charge on any atom is 0.312 e. The molecule has 3 unspecified atom stereocenters. The first-order valence-electron chi connectivity index (χ1n) is 7.10. The van der Waals surface area contributed by atoms with Crippen LogP contribution in [0.5, 0.6) is 0 Å². The summed E-state index contributed by atoms with van der Waals surface area (Å²) in [5.41, 5.74) is 12.6. The van der Waals surface area contributed by atoms with Crippen molar-refractivity contribution in [1.29, 1.82) is 0 Å². The van der Waals surface area contributed by atoms with Crippen LogP contribution < -0.4 is 11.5 Å². The smallest absolute Gasteiger partial charge is 0.312 e. The Balaban J connectivity index is 2.29. The van der Waals surface area contributed by atoms with E-state index in [1.807, 2.05) is 0 Å². The number of nitrogens with zero attached hydrogens (tertiary/aromatic N) is 3. The molecule has 1 aromatic rings. The molecule has 0 radical (unpaired) electrons. The van der Waals surface area contributed by atoms with Crippen molar-refractivity contribution in [2.75, 3.05) is 6.54 Å². The molecule has 5 N–H and O–H groups in total. The normalized spacial score (nSPS) is 20.4. The Morgan fingerprint density at radius 3 is 2.83 bits per heavy atom. The Kier molecular flexibility index (Phi) is 5.22. The highest BCUT2D eigenvalue weighted by Gasteiger charge is 2.30. The Morgan fingerprint density at radius 1 is 1.57 bits per heavy atom. The molecule has 0 spiro atoms. The molecule has 0 bridgehead atoms. The number of rotatable bonds is 6. The highest BCUT2D eigenvalue weighted by atomic mass is 19.3. The molecule has 1 aromatic heterocycles. The van der Waals surface area contributed by atoms with Crippen molar-refractivity contribution >= 4 is 12.2 Å². The second-order valence-corrected chi connectivity index (χ2v) is 5.44. The predicted molar refractivity (Wildman–Crippen MR) is 80.0 cm³/mol. The predicted octanol–water partition coefficient (Wildman–Crippen LogP) is 1.22. The van der Waals surface area contributed by atoms with Gasteiger partial charge in [0.1, 0.15) is 11.9 Å². The quantitative estimate of drug-likeness (QED) is 0.725. The van der Waals surface area contributed by atoms with Crippen LogP contribution in [0.2, 0.25) is 0 Å². The van der Waals surface area contributed by atoms with Crippen molar-refractivity contribution < 1.29 is 18.7 Å². The van der Waals surface area contributed by atoms with Gasteiger partial charge in [-0.15, -0.1) is 0 Å². The summed E-state index contributed by atoms with van der Waals surface area (Å²) in [7, 11) is 0. The Morgan fingerprint density at radius 2 is 2.26 bits per heavy atom. The fraction of sp³-hybridized carbons (Fsp3) is 0.500. The molecule has 0 aromatic carbocycles. The van der Waals surface area contributed by atoms with Gasteiger partial charge in [0.15, 0.2) is 0 Å². The molecule has 1 aliphatic heterocycles. The number of aromatic nitrogens is 2. The number of halogens is 2. The lowest BCUT2D eigenvalue weighted by atomic mass is 9.88. The van der Waals surface area contributed by atoms with E-state index in [0.717, 1.165) is 4.68 Å². The topological polar surface area (TPSA) is 120 Å². The summed E-state index contributed by atoms with van der Waals surface area (Å²) in [6, 6.07) is 1.27. The van der Waals surface area contributed by atoms with E-state index in [0.29, 0.717) is 11.3 Å². The summed E-state index contributed by atoms with van der Waals surface area (Å²) in [6.07, 6.45) is -0.626. The van der Waals surface area contributed by atoms with E-state index in [1.54, 1.807) is 6.92 Å². The Hall–Kier alpha value is -2.13. The van der Waals surface area contributed by atoms with Crippen LogP contribution in [-0.2, 0) is 4.79 Å². The van der Waals surface area contributed by atoms with Gasteiger partial charge in [0.05, 0.1) is 11.6 Å². The second kappa shape index (κ2) is 6.97. The zero-order valence-electron chi connectivity index (χ0n) is 12.6. The highest BCUT2D eigenvalue weighted by Crippen LogP contribution is 2.30. The minimum Gasteiger partial charge on any atom is -0.481 e. The third kappa shape index (κ3) is 3.62. The summed E-state index contributed by atoms with van der Waals surface area (Å²) in [6.45, 7) is 1.66. The van der Waals surface area contributed by atoms with Crippen LogP contribution in [0.15, 0.2) is 22.8 Å². The van der Waals surface area contributed by atoms with Crippen LogP contribution in [0.1, 0.15) is 30.4 Å². The first kappa shape index (κ1) is 17.2. The molecule has 7 nitrogen and oxygen atoms in total. The molecule has 0 aliphatic carbocycles. The van der Waals surface area contributed by atoms with E-state index in [1.165, 1.54) is 18.5 Å². The molecular formula is C14H19F2N5O2. The maximum absolute atomic E-state index is 13.1. The molecular weight excluding hydrogens is 308 g/mol. The third-order valence-electron chi connectivity index (χ3n) is 3.81. The van der Waals surface area contributed by atoms with Crippen molar-refractivity contribution in [2.24, 2.45) is 28.3 Å². The number of carboxylic acids is 1. The monoisotopic (exact) mass is 327 g/mol. The van der Waals surface area contributed by atoms with Gasteiger partial charge in [0, 0.05) is 24.9 Å². The summed E-state index contributed by atoms with van der Waals surface area (Å²) in [5, 5.41) is 13.1. The Bertz CT molecular complexity index is 641. The van der Waals surface area contributed by atoms with Crippen molar-refractivity contribution in [1.82, 2.24) is 9.78 Å². The number of hydrogen-bond donors (Lipinski definition) is 3. The van der Waals surface area contributed by atoms with Gasteiger partial charge in [-0.3, -0.25) is 9.79 Å². The van der Waals surface area contributed by atoms with Crippen LogP contribution in [0.4, 0.5) is 8.78 Å². The molecule has 2 rings (SSSR count). The van der Waals surface area contributed by atoms with Crippen LogP contribution in [0, 0.1) is 18.8 Å². The first-order chi connectivity index (χ1) is 10.8. The van der Waals surface area contributed by atoms with Crippen molar-refractivity contribution in [2.45, 2.75) is 25.9 Å². The first-order valence-corrected chi connectivity index (χ1v) is 7.10. The molecule has 9 heteroatoms. The summed E-state index contributed by atoms with van der Waals surface area (Å²) in [5.74, 6) is -2.32. The molecule has 0 amide bonds. The molecule has 3 atom stereocenters. The molecule has 23 heavy (non-hydrogen) atoms. The molecule has 0 fully saturated rings. The molecule has 1 aliphatic rings. The molecule has 126 valence electrons. The summed E-state index contributed by atoms with van der Waals surface area (Å²) < 4.78 is 27.3. The number of aliphatic carboxylic acids is 1. The molecule has 0 saturated heterocycles. The van der Waals surface area contributed by atoms with Crippen molar-refractivity contribution in [3.05, 3.63) is 29.2 Å². The van der Waals surface area contributed by atoms with Gasteiger partial charge in [0.25, 0.3) is 6.43 Å². The van der Waals surface area contributed by atoms with Crippen LogP contribution in [-0.4, -0.2) is 33.6 Å². The standard InChI is InChI=1S/C14H19F2N5O2/c1-7-2-11(12(15)16)21(20-7)13(18)10(4-17)8-3-9(14(22)23)6-19-5-8/h2,5-6,9-10,12-13H,3-4,17-18H2,1H3,(H,22,23). The van der Waals surface area contributed by atoms with E-state index in [4.69, 9.17) is 16.6 Å². The van der Waals surface area contributed by atoms with Gasteiger partial charge in [-0.05, 0) is 25.0 Å². The fourth-order valence-electron chi connectivity index (χ4n) is 2.62. The summed E-state index contributed by atoms with van der Waals surface area (Å²) >= 11 is 0. The largest absolute Gasteiger partial charge is 0.481 e. The lowest BCUT2D eigenvalue weighted by Gasteiger charge is -2.28. The molecule has 2 heterocycles. The Labute approximate surface area is 131 Å². The lowest BCUT2D eigenvalue weighted by molar-refractivity contribution is -0.139. The fourth-order valence-corrected chi connectivity index (χ4v) is 2.62. The van der Waals surface area contributed by atoms with E-state index in [-0.39, 0.29) is 18.7 Å². The average molecular weight is 327 g/mol. The second-order valence-electron chi connectivity index (χ2n) is 5.44. The number of carbonyl (C=O) groups is 1. The van der Waals surface area contributed by atoms with E-state index < -0.39 is 30.4 Å².